The quantitative estimate of drug-likeness (QED) is 0.806. The van der Waals surface area contributed by atoms with Crippen molar-refractivity contribution in [2.24, 2.45) is 0 Å². The number of benzene rings is 1. The molecule has 4 heteroatoms. The Hall–Kier alpha value is -1.10. The fraction of sp³-hybridized carbons (Fsp3) is 0.412. The molecular formula is C17H21BO2S. The standard InChI is InChI=1S/C17H21BO2S/c1-16(2)17(3,4)20-18(19-16)14-9-7-13(8-10-14)12-15-6-5-11-21-15/h5-11H,12H2,1-4H3. The normalized spacial score (nSPS) is 19.9. The van der Waals surface area contributed by atoms with Gasteiger partial charge in [0.25, 0.3) is 0 Å². The Balaban J connectivity index is 1.73. The molecule has 0 radical (unpaired) electrons. The minimum Gasteiger partial charge on any atom is -0.399 e. The lowest BCUT2D eigenvalue weighted by atomic mass is 9.79. The first kappa shape index (κ1) is 14.8. The molecule has 2 heterocycles. The van der Waals surface area contributed by atoms with Gasteiger partial charge in [-0.2, -0.15) is 0 Å². The molecule has 0 amide bonds. The summed E-state index contributed by atoms with van der Waals surface area (Å²) in [5.41, 5.74) is 1.84. The predicted octanol–water partition coefficient (Wildman–Crippen LogP) is 3.64. The van der Waals surface area contributed by atoms with Gasteiger partial charge in [0.2, 0.25) is 0 Å². The minimum atomic E-state index is -0.284. The van der Waals surface area contributed by atoms with Crippen LogP contribution < -0.4 is 5.46 Å². The Kier molecular flexibility index (Phi) is 3.72. The van der Waals surface area contributed by atoms with E-state index in [9.17, 15) is 0 Å². The van der Waals surface area contributed by atoms with Crippen LogP contribution in [0.3, 0.4) is 0 Å². The van der Waals surface area contributed by atoms with Gasteiger partial charge in [0, 0.05) is 11.3 Å². The zero-order valence-electron chi connectivity index (χ0n) is 13.1. The molecule has 110 valence electrons. The highest BCUT2D eigenvalue weighted by molar-refractivity contribution is 7.09. The first-order valence-corrected chi connectivity index (χ1v) is 8.22. The van der Waals surface area contributed by atoms with Gasteiger partial charge < -0.3 is 9.31 Å². The maximum atomic E-state index is 6.08. The summed E-state index contributed by atoms with van der Waals surface area (Å²) in [5, 5.41) is 2.12. The van der Waals surface area contributed by atoms with Crippen LogP contribution >= 0.6 is 11.3 Å². The Labute approximate surface area is 131 Å². The van der Waals surface area contributed by atoms with E-state index in [0.717, 1.165) is 11.9 Å². The molecule has 21 heavy (non-hydrogen) atoms. The van der Waals surface area contributed by atoms with Crippen LogP contribution in [0.1, 0.15) is 38.1 Å². The Morgan fingerprint density at radius 2 is 1.57 bits per heavy atom. The van der Waals surface area contributed by atoms with E-state index in [1.165, 1.54) is 10.4 Å². The zero-order valence-corrected chi connectivity index (χ0v) is 13.9. The van der Waals surface area contributed by atoms with E-state index in [0.29, 0.717) is 0 Å². The maximum absolute atomic E-state index is 6.08. The third-order valence-corrected chi connectivity index (χ3v) is 5.34. The number of hydrogen-bond donors (Lipinski definition) is 0. The van der Waals surface area contributed by atoms with Crippen LogP contribution in [0.15, 0.2) is 41.8 Å². The summed E-state index contributed by atoms with van der Waals surface area (Å²) in [4.78, 5) is 1.39. The van der Waals surface area contributed by atoms with Gasteiger partial charge in [-0.05, 0) is 50.2 Å². The summed E-state index contributed by atoms with van der Waals surface area (Å²) < 4.78 is 12.2. The molecule has 1 aromatic heterocycles. The van der Waals surface area contributed by atoms with Crippen molar-refractivity contribution in [2.75, 3.05) is 0 Å². The van der Waals surface area contributed by atoms with E-state index >= 15 is 0 Å². The van der Waals surface area contributed by atoms with Crippen molar-refractivity contribution in [2.45, 2.75) is 45.3 Å². The summed E-state index contributed by atoms with van der Waals surface area (Å²) >= 11 is 1.80. The van der Waals surface area contributed by atoms with Crippen molar-refractivity contribution in [3.63, 3.8) is 0 Å². The van der Waals surface area contributed by atoms with Crippen molar-refractivity contribution in [3.8, 4) is 0 Å². The molecule has 3 rings (SSSR count). The van der Waals surface area contributed by atoms with Gasteiger partial charge in [0.05, 0.1) is 11.2 Å². The summed E-state index contributed by atoms with van der Waals surface area (Å²) in [6, 6.07) is 12.8. The Morgan fingerprint density at radius 1 is 0.952 bits per heavy atom. The minimum absolute atomic E-state index is 0.272. The van der Waals surface area contributed by atoms with Crippen molar-refractivity contribution in [3.05, 3.63) is 52.2 Å². The molecule has 0 saturated carbocycles. The Bertz CT molecular complexity index is 586. The topological polar surface area (TPSA) is 18.5 Å². The van der Waals surface area contributed by atoms with Gasteiger partial charge in [-0.15, -0.1) is 11.3 Å². The van der Waals surface area contributed by atoms with E-state index in [4.69, 9.17) is 9.31 Å². The van der Waals surface area contributed by atoms with Gasteiger partial charge in [0.15, 0.2) is 0 Å². The molecule has 1 aromatic carbocycles. The molecule has 0 unspecified atom stereocenters. The SMILES string of the molecule is CC1(C)OB(c2ccc(Cc3cccs3)cc2)OC1(C)C. The smallest absolute Gasteiger partial charge is 0.399 e. The zero-order chi connectivity index (χ0) is 15.1. The number of thiophene rings is 1. The highest BCUT2D eigenvalue weighted by Crippen LogP contribution is 2.36. The van der Waals surface area contributed by atoms with Crippen molar-refractivity contribution in [1.29, 1.82) is 0 Å². The van der Waals surface area contributed by atoms with Crippen LogP contribution in [0.5, 0.6) is 0 Å². The average Bonchev–Trinajstić information content (AvgIpc) is 2.97. The summed E-state index contributed by atoms with van der Waals surface area (Å²) in [7, 11) is -0.272. The van der Waals surface area contributed by atoms with Gasteiger partial charge in [-0.3, -0.25) is 0 Å². The first-order valence-electron chi connectivity index (χ1n) is 7.34. The lowest BCUT2D eigenvalue weighted by Gasteiger charge is -2.32. The van der Waals surface area contributed by atoms with Gasteiger partial charge in [-0.25, -0.2) is 0 Å². The van der Waals surface area contributed by atoms with Crippen LogP contribution in [-0.2, 0) is 15.7 Å². The van der Waals surface area contributed by atoms with Crippen molar-refractivity contribution >= 4 is 23.9 Å². The second-order valence-corrected chi connectivity index (χ2v) is 7.62. The van der Waals surface area contributed by atoms with E-state index in [1.807, 2.05) is 0 Å². The molecule has 1 fully saturated rings. The van der Waals surface area contributed by atoms with Gasteiger partial charge in [-0.1, -0.05) is 30.3 Å². The molecule has 1 aliphatic heterocycles. The third kappa shape index (κ3) is 2.93. The van der Waals surface area contributed by atoms with Crippen molar-refractivity contribution < 1.29 is 9.31 Å². The summed E-state index contributed by atoms with van der Waals surface area (Å²) in [6.07, 6.45) is 0.987. The number of rotatable bonds is 3. The monoisotopic (exact) mass is 300 g/mol. The van der Waals surface area contributed by atoms with E-state index < -0.39 is 0 Å². The van der Waals surface area contributed by atoms with Crippen LogP contribution in [0, 0.1) is 0 Å². The van der Waals surface area contributed by atoms with Crippen LogP contribution in [-0.4, -0.2) is 18.3 Å². The molecule has 1 saturated heterocycles. The first-order chi connectivity index (χ1) is 9.87. The van der Waals surface area contributed by atoms with Crippen LogP contribution in [0.2, 0.25) is 0 Å². The molecule has 0 spiro atoms. The third-order valence-electron chi connectivity index (χ3n) is 4.46. The summed E-state index contributed by atoms with van der Waals surface area (Å²) in [6.45, 7) is 8.33. The summed E-state index contributed by atoms with van der Waals surface area (Å²) in [5.74, 6) is 0. The lowest BCUT2D eigenvalue weighted by molar-refractivity contribution is 0.00578. The molecular weight excluding hydrogens is 279 g/mol. The Morgan fingerprint density at radius 3 is 2.10 bits per heavy atom. The molecule has 2 aromatic rings. The number of hydrogen-bond acceptors (Lipinski definition) is 3. The van der Waals surface area contributed by atoms with E-state index in [1.54, 1.807) is 11.3 Å². The average molecular weight is 300 g/mol. The fourth-order valence-electron chi connectivity index (χ4n) is 2.39. The maximum Gasteiger partial charge on any atom is 0.494 e. The lowest BCUT2D eigenvalue weighted by Crippen LogP contribution is -2.41. The van der Waals surface area contributed by atoms with Crippen molar-refractivity contribution in [1.82, 2.24) is 0 Å². The molecule has 0 bridgehead atoms. The highest BCUT2D eigenvalue weighted by Gasteiger charge is 2.51. The molecule has 1 aliphatic rings. The van der Waals surface area contributed by atoms with Gasteiger partial charge >= 0.3 is 7.12 Å². The second kappa shape index (κ2) is 5.27. The van der Waals surface area contributed by atoms with E-state index in [-0.39, 0.29) is 18.3 Å². The highest BCUT2D eigenvalue weighted by atomic mass is 32.1. The fourth-order valence-corrected chi connectivity index (χ4v) is 3.13. The van der Waals surface area contributed by atoms with E-state index in [2.05, 4.69) is 69.5 Å². The van der Waals surface area contributed by atoms with Crippen LogP contribution in [0.4, 0.5) is 0 Å². The molecule has 2 nitrogen and oxygen atoms in total. The molecule has 0 atom stereocenters. The largest absolute Gasteiger partial charge is 0.494 e. The molecule has 0 N–H and O–H groups in total. The van der Waals surface area contributed by atoms with Crippen LogP contribution in [0.25, 0.3) is 0 Å². The molecule has 0 aliphatic carbocycles. The predicted molar refractivity (Wildman–Crippen MR) is 89.3 cm³/mol. The van der Waals surface area contributed by atoms with Gasteiger partial charge in [0.1, 0.15) is 0 Å². The second-order valence-electron chi connectivity index (χ2n) is 6.59.